The van der Waals surface area contributed by atoms with Crippen LogP contribution in [0.5, 0.6) is 0 Å². The summed E-state index contributed by atoms with van der Waals surface area (Å²) >= 11 is 0. The number of sulfonamides is 1. The highest BCUT2D eigenvalue weighted by molar-refractivity contribution is 7.92. The number of aromatic nitrogens is 4. The van der Waals surface area contributed by atoms with Crippen LogP contribution in [0, 0.1) is 12.3 Å². The first kappa shape index (κ1) is 26.9. The van der Waals surface area contributed by atoms with Gasteiger partial charge >= 0.3 is 0 Å². The molecule has 0 radical (unpaired) electrons. The Morgan fingerprint density at radius 3 is 2.45 bits per heavy atom. The quantitative estimate of drug-likeness (QED) is 0.413. The number of nitrogens with one attached hydrogen (secondary N) is 1. The number of hydrogen-bond acceptors (Lipinski definition) is 10. The van der Waals surface area contributed by atoms with Crippen molar-refractivity contribution < 1.29 is 22.3 Å². The molecule has 40 heavy (non-hydrogen) atoms. The Morgan fingerprint density at radius 2 is 1.75 bits per heavy atom. The van der Waals surface area contributed by atoms with Crippen LogP contribution in [0.15, 0.2) is 28.7 Å². The van der Waals surface area contributed by atoms with Gasteiger partial charge in [0.1, 0.15) is 11.9 Å². The number of benzene rings is 1. The summed E-state index contributed by atoms with van der Waals surface area (Å²) in [7, 11) is -3.68. The molecule has 1 aromatic carbocycles. The largest absolute Gasteiger partial charge is 0.415 e. The summed E-state index contributed by atoms with van der Waals surface area (Å²) in [4.78, 5) is 13.4. The van der Waals surface area contributed by atoms with E-state index in [-0.39, 0.29) is 11.6 Å². The fraction of sp³-hybridized carbons (Fsp3) is 0.556. The van der Waals surface area contributed by atoms with Crippen LogP contribution in [-0.4, -0.2) is 78.4 Å². The maximum atomic E-state index is 13.7. The van der Waals surface area contributed by atoms with Gasteiger partial charge in [-0.05, 0) is 75.1 Å². The number of aryl methyl sites for hydroxylation is 1. The molecule has 2 N–H and O–H groups in total. The van der Waals surface area contributed by atoms with Gasteiger partial charge in [0.05, 0.1) is 29.3 Å². The molecule has 1 aliphatic carbocycles. The molecule has 0 atom stereocenters. The molecule has 13 heteroatoms. The van der Waals surface area contributed by atoms with Crippen molar-refractivity contribution in [1.29, 1.82) is 0 Å². The lowest BCUT2D eigenvalue weighted by Crippen LogP contribution is -2.35. The third-order valence-corrected chi connectivity index (χ3v) is 9.44. The van der Waals surface area contributed by atoms with E-state index in [4.69, 9.17) is 9.52 Å². The summed E-state index contributed by atoms with van der Waals surface area (Å²) in [6, 6.07) is 7.01. The summed E-state index contributed by atoms with van der Waals surface area (Å²) in [5, 5.41) is 17.7. The molecule has 214 valence electrons. The van der Waals surface area contributed by atoms with Crippen LogP contribution >= 0.6 is 0 Å². The second-order valence-corrected chi connectivity index (χ2v) is 13.0. The first-order chi connectivity index (χ1) is 19.2. The van der Waals surface area contributed by atoms with Gasteiger partial charge in [-0.15, -0.1) is 10.2 Å². The standard InChI is InChI=1S/C27H34FN7O4S/c1-18-16-22(30-26(29-18)35-10-4-19(28)5-11-35)25-32-31-24(39-25)21-3-2-20(33-40(37,38)15-14-36)17-23(21)34-12-8-27(6-7-27)9-13-34/h2-3,16-17,19,33,36H,4-15H2,1H3. The van der Waals surface area contributed by atoms with Crippen molar-refractivity contribution in [3.8, 4) is 23.0 Å². The van der Waals surface area contributed by atoms with Gasteiger partial charge in [0.25, 0.3) is 5.89 Å². The average molecular weight is 572 g/mol. The Hall–Kier alpha value is -3.32. The summed E-state index contributed by atoms with van der Waals surface area (Å²) in [6.07, 6.45) is 4.82. The lowest BCUT2D eigenvalue weighted by Gasteiger charge is -2.35. The maximum absolute atomic E-state index is 13.7. The Morgan fingerprint density at radius 1 is 1.02 bits per heavy atom. The highest BCUT2D eigenvalue weighted by atomic mass is 32.2. The van der Waals surface area contributed by atoms with Gasteiger partial charge in [-0.1, -0.05) is 0 Å². The molecule has 0 unspecified atom stereocenters. The number of alkyl halides is 1. The van der Waals surface area contributed by atoms with Crippen LogP contribution in [0.3, 0.4) is 0 Å². The molecule has 11 nitrogen and oxygen atoms in total. The second-order valence-electron chi connectivity index (χ2n) is 11.1. The molecule has 0 bridgehead atoms. The fourth-order valence-electron chi connectivity index (χ4n) is 5.57. The van der Waals surface area contributed by atoms with E-state index in [1.165, 1.54) is 12.8 Å². The van der Waals surface area contributed by atoms with Crippen molar-refractivity contribution in [2.75, 3.05) is 53.1 Å². The summed E-state index contributed by atoms with van der Waals surface area (Å²) in [6.45, 7) is 4.21. The number of rotatable bonds is 8. The molecule has 3 aromatic rings. The van der Waals surface area contributed by atoms with Crippen molar-refractivity contribution in [3.63, 3.8) is 0 Å². The molecule has 6 rings (SSSR count). The van der Waals surface area contributed by atoms with E-state index in [9.17, 15) is 12.8 Å². The molecular formula is C27H34FN7O4S. The first-order valence-electron chi connectivity index (χ1n) is 13.8. The molecule has 2 aliphatic heterocycles. The fourth-order valence-corrected chi connectivity index (χ4v) is 6.40. The Bertz CT molecular complexity index is 1480. The number of piperidine rings is 2. The lowest BCUT2D eigenvalue weighted by molar-refractivity contribution is 0.276. The lowest BCUT2D eigenvalue weighted by atomic mass is 9.93. The van der Waals surface area contributed by atoms with E-state index in [0.29, 0.717) is 60.1 Å². The van der Waals surface area contributed by atoms with Gasteiger partial charge in [0.2, 0.25) is 21.9 Å². The van der Waals surface area contributed by atoms with Crippen LogP contribution in [0.1, 0.15) is 44.2 Å². The van der Waals surface area contributed by atoms with Crippen molar-refractivity contribution >= 4 is 27.3 Å². The van der Waals surface area contributed by atoms with E-state index in [0.717, 1.165) is 37.3 Å². The molecular weight excluding hydrogens is 537 g/mol. The van der Waals surface area contributed by atoms with E-state index in [2.05, 4.69) is 29.8 Å². The Kier molecular flexibility index (Phi) is 7.11. The molecule has 2 saturated heterocycles. The minimum absolute atomic E-state index is 0.247. The summed E-state index contributed by atoms with van der Waals surface area (Å²) < 4.78 is 47.0. The third kappa shape index (κ3) is 5.75. The molecule has 4 heterocycles. The zero-order chi connectivity index (χ0) is 27.9. The highest BCUT2D eigenvalue weighted by Crippen LogP contribution is 2.54. The van der Waals surface area contributed by atoms with Crippen molar-refractivity contribution in [1.82, 2.24) is 20.2 Å². The number of aliphatic hydroxyl groups is 1. The SMILES string of the molecule is Cc1cc(-c2nnc(-c3ccc(NS(=O)(=O)CCO)cc3N3CCC4(CC3)CC4)o2)nc(N2CCC(F)CC2)n1. The van der Waals surface area contributed by atoms with E-state index in [1.807, 2.05) is 11.8 Å². The van der Waals surface area contributed by atoms with E-state index < -0.39 is 22.8 Å². The predicted octanol–water partition coefficient (Wildman–Crippen LogP) is 3.55. The van der Waals surface area contributed by atoms with Crippen molar-refractivity contribution in [2.45, 2.75) is 51.6 Å². The molecule has 1 spiro atoms. The minimum Gasteiger partial charge on any atom is -0.415 e. The first-order valence-corrected chi connectivity index (χ1v) is 15.5. The van der Waals surface area contributed by atoms with Crippen molar-refractivity contribution in [3.05, 3.63) is 30.0 Å². The molecule has 3 fully saturated rings. The second kappa shape index (κ2) is 10.6. The average Bonchev–Trinajstić information content (AvgIpc) is 3.49. The van der Waals surface area contributed by atoms with E-state index >= 15 is 0 Å². The molecule has 2 aromatic heterocycles. The number of aliphatic hydroxyl groups excluding tert-OH is 1. The Balaban J connectivity index is 1.31. The summed E-state index contributed by atoms with van der Waals surface area (Å²) in [5.41, 5.74) is 3.62. The van der Waals surface area contributed by atoms with Gasteiger partial charge in [0.15, 0.2) is 0 Å². The zero-order valence-corrected chi connectivity index (χ0v) is 23.3. The monoisotopic (exact) mass is 571 g/mol. The van der Waals surface area contributed by atoms with Gasteiger partial charge < -0.3 is 19.3 Å². The van der Waals surface area contributed by atoms with Gasteiger partial charge in [0, 0.05) is 31.9 Å². The molecule has 1 saturated carbocycles. The van der Waals surface area contributed by atoms with Crippen LogP contribution in [0.4, 0.5) is 21.7 Å². The zero-order valence-electron chi connectivity index (χ0n) is 22.5. The van der Waals surface area contributed by atoms with Crippen molar-refractivity contribution in [2.24, 2.45) is 5.41 Å². The predicted molar refractivity (Wildman–Crippen MR) is 149 cm³/mol. The Labute approximate surface area is 232 Å². The number of hydrogen-bond donors (Lipinski definition) is 2. The number of anilines is 3. The maximum Gasteiger partial charge on any atom is 0.266 e. The third-order valence-electron chi connectivity index (χ3n) is 8.18. The molecule has 0 amide bonds. The highest BCUT2D eigenvalue weighted by Gasteiger charge is 2.44. The normalized spacial score (nSPS) is 19.3. The number of nitrogens with zero attached hydrogens (tertiary/aromatic N) is 6. The van der Waals surface area contributed by atoms with Crippen LogP contribution in [0.25, 0.3) is 23.0 Å². The summed E-state index contributed by atoms with van der Waals surface area (Å²) in [5.74, 6) is 0.688. The van der Waals surface area contributed by atoms with Gasteiger partial charge in [-0.2, -0.15) is 0 Å². The van der Waals surface area contributed by atoms with Crippen LogP contribution in [0.2, 0.25) is 0 Å². The smallest absolute Gasteiger partial charge is 0.266 e. The van der Waals surface area contributed by atoms with Crippen LogP contribution < -0.4 is 14.5 Å². The van der Waals surface area contributed by atoms with Gasteiger partial charge in [-0.3, -0.25) is 4.72 Å². The van der Waals surface area contributed by atoms with E-state index in [1.54, 1.807) is 24.3 Å². The minimum atomic E-state index is -3.68. The topological polar surface area (TPSA) is 138 Å². The molecule has 3 aliphatic rings. The number of halogens is 1. The van der Waals surface area contributed by atoms with Gasteiger partial charge in [-0.25, -0.2) is 22.8 Å². The van der Waals surface area contributed by atoms with Crippen LogP contribution in [-0.2, 0) is 10.0 Å².